The van der Waals surface area contributed by atoms with Crippen LogP contribution < -0.4 is 0 Å². The van der Waals surface area contributed by atoms with Crippen LogP contribution in [0.15, 0.2) is 47.6 Å². The van der Waals surface area contributed by atoms with Crippen LogP contribution in [0.4, 0.5) is 0 Å². The number of carbonyl (C=O) groups excluding carboxylic acids is 1. The molecule has 2 N–H and O–H groups in total. The Labute approximate surface area is 219 Å². The molecule has 0 aromatic carbocycles. The summed E-state index contributed by atoms with van der Waals surface area (Å²) in [6, 6.07) is 0. The molecular weight excluding hydrogens is 444 g/mol. The lowest BCUT2D eigenvalue weighted by Crippen LogP contribution is -2.35. The zero-order valence-corrected chi connectivity index (χ0v) is 23.1. The maximum absolute atomic E-state index is 12.6. The highest BCUT2D eigenvalue weighted by atomic mass is 16.3. The second-order valence-corrected chi connectivity index (χ2v) is 12.8. The van der Waals surface area contributed by atoms with E-state index in [1.54, 1.807) is 5.57 Å². The number of hydrogen-bond donors (Lipinski definition) is 2. The average Bonchev–Trinajstić information content (AvgIpc) is 3.55. The van der Waals surface area contributed by atoms with Gasteiger partial charge in [0.05, 0.1) is 12.2 Å². The number of rotatable bonds is 10. The van der Waals surface area contributed by atoms with Crippen LogP contribution in [0.3, 0.4) is 0 Å². The Kier molecular flexibility index (Phi) is 8.83. The van der Waals surface area contributed by atoms with Crippen molar-refractivity contribution < 1.29 is 15.0 Å². The van der Waals surface area contributed by atoms with Gasteiger partial charge in [-0.05, 0) is 105 Å². The molecule has 3 heteroatoms. The third-order valence-electron chi connectivity index (χ3n) is 10.4. The molecule has 0 spiro atoms. The SMILES string of the molecule is C=C1/C(=C\C=C2/CCC[C@]3(C)[C@@H]([C@H](C)/C=C/CCC4(C(=O)CCCC)CC4)CC[C@@H]23)C[C@@H](O)C[C@@H]1O. The van der Waals surface area contributed by atoms with Gasteiger partial charge in [0.25, 0.3) is 0 Å². The minimum Gasteiger partial charge on any atom is -0.393 e. The van der Waals surface area contributed by atoms with Crippen molar-refractivity contribution in [2.24, 2.45) is 28.6 Å². The molecule has 0 unspecified atom stereocenters. The lowest BCUT2D eigenvalue weighted by atomic mass is 9.61. The fourth-order valence-electron chi connectivity index (χ4n) is 7.83. The molecule has 6 atom stereocenters. The highest BCUT2D eigenvalue weighted by Crippen LogP contribution is 2.59. The topological polar surface area (TPSA) is 57.5 Å². The van der Waals surface area contributed by atoms with Crippen molar-refractivity contribution in [3.8, 4) is 0 Å². The Bertz CT molecular complexity index is 904. The third kappa shape index (κ3) is 5.83. The highest BCUT2D eigenvalue weighted by molar-refractivity contribution is 5.87. The number of carbonyl (C=O) groups is 1. The Morgan fingerprint density at radius 1 is 1.19 bits per heavy atom. The van der Waals surface area contributed by atoms with Crippen molar-refractivity contribution in [2.45, 2.75) is 123 Å². The fourth-order valence-corrected chi connectivity index (χ4v) is 7.83. The normalized spacial score (nSPS) is 37.0. The number of aliphatic hydroxyl groups is 2. The molecule has 0 aromatic heterocycles. The van der Waals surface area contributed by atoms with Gasteiger partial charge in [-0.15, -0.1) is 0 Å². The lowest BCUT2D eigenvalue weighted by Gasteiger charge is -2.44. The number of allylic oxidation sites excluding steroid dienone is 5. The first kappa shape index (κ1) is 27.6. The number of Topliss-reactive ketones (excluding diaryl/α,β-unsaturated/α-hetero) is 1. The van der Waals surface area contributed by atoms with E-state index >= 15 is 0 Å². The van der Waals surface area contributed by atoms with E-state index in [1.165, 1.54) is 25.7 Å². The first-order valence-electron chi connectivity index (χ1n) is 14.8. The summed E-state index contributed by atoms with van der Waals surface area (Å²) in [4.78, 5) is 12.6. The van der Waals surface area contributed by atoms with Crippen LogP contribution in [0.5, 0.6) is 0 Å². The summed E-state index contributed by atoms with van der Waals surface area (Å²) in [6.07, 6.45) is 22.6. The average molecular weight is 495 g/mol. The summed E-state index contributed by atoms with van der Waals surface area (Å²) in [5, 5.41) is 20.3. The quantitative estimate of drug-likeness (QED) is 0.307. The van der Waals surface area contributed by atoms with Crippen LogP contribution in [0, 0.1) is 28.6 Å². The van der Waals surface area contributed by atoms with E-state index < -0.39 is 12.2 Å². The summed E-state index contributed by atoms with van der Waals surface area (Å²) in [7, 11) is 0. The molecular formula is C33H50O3. The Morgan fingerprint density at radius 3 is 2.69 bits per heavy atom. The fraction of sp³-hybridized carbons (Fsp3) is 0.727. The van der Waals surface area contributed by atoms with Crippen molar-refractivity contribution in [1.29, 1.82) is 0 Å². The Balaban J connectivity index is 1.36. The molecule has 4 saturated carbocycles. The van der Waals surface area contributed by atoms with E-state index in [4.69, 9.17) is 0 Å². The van der Waals surface area contributed by atoms with Gasteiger partial charge in [-0.3, -0.25) is 4.79 Å². The molecule has 0 radical (unpaired) electrons. The molecule has 4 aliphatic rings. The first-order valence-corrected chi connectivity index (χ1v) is 14.8. The predicted octanol–water partition coefficient (Wildman–Crippen LogP) is 7.64. The summed E-state index contributed by atoms with van der Waals surface area (Å²) in [6.45, 7) is 11.2. The molecule has 4 rings (SSSR count). The van der Waals surface area contributed by atoms with E-state index in [2.05, 4.69) is 51.7 Å². The summed E-state index contributed by atoms with van der Waals surface area (Å²) < 4.78 is 0. The van der Waals surface area contributed by atoms with Crippen LogP contribution in [-0.4, -0.2) is 28.2 Å². The van der Waals surface area contributed by atoms with Crippen LogP contribution in [0.1, 0.15) is 111 Å². The maximum Gasteiger partial charge on any atom is 0.139 e. The minimum atomic E-state index is -0.622. The maximum atomic E-state index is 12.6. The second-order valence-electron chi connectivity index (χ2n) is 12.8. The van der Waals surface area contributed by atoms with E-state index in [0.717, 1.165) is 62.5 Å². The van der Waals surface area contributed by atoms with Gasteiger partial charge in [0.2, 0.25) is 0 Å². The van der Waals surface area contributed by atoms with Gasteiger partial charge < -0.3 is 10.2 Å². The number of unbranched alkanes of at least 4 members (excludes halogenated alkanes) is 1. The molecule has 36 heavy (non-hydrogen) atoms. The van der Waals surface area contributed by atoms with Crippen molar-refractivity contribution in [2.75, 3.05) is 0 Å². The van der Waals surface area contributed by atoms with E-state index in [0.29, 0.717) is 41.8 Å². The number of aliphatic hydroxyl groups excluding tert-OH is 2. The molecule has 0 heterocycles. The predicted molar refractivity (Wildman–Crippen MR) is 148 cm³/mol. The molecule has 0 saturated heterocycles. The van der Waals surface area contributed by atoms with Gasteiger partial charge in [-0.2, -0.15) is 0 Å². The lowest BCUT2D eigenvalue weighted by molar-refractivity contribution is -0.124. The molecule has 0 aliphatic heterocycles. The van der Waals surface area contributed by atoms with Crippen LogP contribution in [-0.2, 0) is 4.79 Å². The van der Waals surface area contributed by atoms with Crippen LogP contribution in [0.2, 0.25) is 0 Å². The van der Waals surface area contributed by atoms with Crippen LogP contribution >= 0.6 is 0 Å². The zero-order valence-electron chi connectivity index (χ0n) is 23.1. The van der Waals surface area contributed by atoms with E-state index in [1.807, 2.05) is 0 Å². The summed E-state index contributed by atoms with van der Waals surface area (Å²) >= 11 is 0. The first-order chi connectivity index (χ1) is 17.2. The Hall–Kier alpha value is -1.45. The van der Waals surface area contributed by atoms with Gasteiger partial charge >= 0.3 is 0 Å². The largest absolute Gasteiger partial charge is 0.393 e. The van der Waals surface area contributed by atoms with E-state index in [9.17, 15) is 15.0 Å². The standard InChI is InChI=1S/C33H50O3/c1-5-6-12-31(36)33(19-20-33)18-8-7-10-23(2)28-15-16-29-25(11-9-17-32(28,29)4)13-14-26-21-27(34)22-30(35)24(26)3/h7,10,13-14,23,27-30,34-35H,3,5-6,8-9,11-12,15-22H2,1-2,4H3/b10-7+,25-13+,26-14-/t23-,27-,28-,29+,30+,32-/m1/s1. The van der Waals surface area contributed by atoms with Gasteiger partial charge in [0, 0.05) is 18.3 Å². The molecule has 200 valence electrons. The number of hydrogen-bond acceptors (Lipinski definition) is 3. The van der Waals surface area contributed by atoms with Gasteiger partial charge in [-0.1, -0.05) is 63.6 Å². The summed E-state index contributed by atoms with van der Waals surface area (Å²) in [5.41, 5.74) is 3.70. The van der Waals surface area contributed by atoms with Crippen molar-refractivity contribution in [3.05, 3.63) is 47.6 Å². The molecule has 0 aromatic rings. The van der Waals surface area contributed by atoms with Gasteiger partial charge in [0.15, 0.2) is 0 Å². The third-order valence-corrected chi connectivity index (χ3v) is 10.4. The van der Waals surface area contributed by atoms with Crippen molar-refractivity contribution in [1.82, 2.24) is 0 Å². The molecule has 0 bridgehead atoms. The summed E-state index contributed by atoms with van der Waals surface area (Å²) in [5.74, 6) is 2.41. The molecule has 0 amide bonds. The molecule has 4 fully saturated rings. The van der Waals surface area contributed by atoms with Gasteiger partial charge in [-0.25, -0.2) is 0 Å². The Morgan fingerprint density at radius 2 is 1.97 bits per heavy atom. The van der Waals surface area contributed by atoms with Gasteiger partial charge in [0.1, 0.15) is 5.78 Å². The number of fused-ring (bicyclic) bond motifs is 1. The van der Waals surface area contributed by atoms with Crippen molar-refractivity contribution >= 4 is 5.78 Å². The molecule has 4 aliphatic carbocycles. The van der Waals surface area contributed by atoms with E-state index in [-0.39, 0.29) is 5.41 Å². The second kappa shape index (κ2) is 11.5. The van der Waals surface area contributed by atoms with Crippen LogP contribution in [0.25, 0.3) is 0 Å². The highest BCUT2D eigenvalue weighted by Gasteiger charge is 2.50. The zero-order chi connectivity index (χ0) is 25.9. The van der Waals surface area contributed by atoms with Crippen molar-refractivity contribution in [3.63, 3.8) is 0 Å². The smallest absolute Gasteiger partial charge is 0.139 e. The number of ketones is 1. The monoisotopic (exact) mass is 494 g/mol. The minimum absolute atomic E-state index is 0.0283. The molecule has 3 nitrogen and oxygen atoms in total.